The average Bonchev–Trinajstić information content (AvgIpc) is 3.08. The van der Waals surface area contributed by atoms with Crippen LogP contribution in [-0.2, 0) is 14.8 Å². The first-order chi connectivity index (χ1) is 11.3. The molecule has 0 bridgehead atoms. The molecule has 2 fully saturated rings. The van der Waals surface area contributed by atoms with Gasteiger partial charge in [0.15, 0.2) is 0 Å². The van der Waals surface area contributed by atoms with Crippen LogP contribution in [0.5, 0.6) is 5.75 Å². The maximum absolute atomic E-state index is 13.1. The maximum Gasteiger partial charge on any atom is 0.246 e. The second-order valence-electron chi connectivity index (χ2n) is 6.51. The molecule has 8 heteroatoms. The highest BCUT2D eigenvalue weighted by molar-refractivity contribution is 7.89. The molecule has 24 heavy (non-hydrogen) atoms. The van der Waals surface area contributed by atoms with E-state index in [0.717, 1.165) is 5.56 Å². The van der Waals surface area contributed by atoms with Crippen LogP contribution < -0.4 is 4.74 Å². The number of ether oxygens (including phenoxy) is 2. The van der Waals surface area contributed by atoms with Crippen LogP contribution >= 0.6 is 11.6 Å². The Morgan fingerprint density at radius 3 is 2.88 bits per heavy atom. The van der Waals surface area contributed by atoms with Crippen molar-refractivity contribution in [3.63, 3.8) is 0 Å². The van der Waals surface area contributed by atoms with E-state index in [4.69, 9.17) is 21.1 Å². The molecule has 1 aromatic rings. The van der Waals surface area contributed by atoms with E-state index in [2.05, 4.69) is 0 Å². The number of nitrogens with zero attached hydrogens (tertiary/aromatic N) is 1. The van der Waals surface area contributed by atoms with Gasteiger partial charge in [0, 0.05) is 29.4 Å². The topological polar surface area (TPSA) is 76.1 Å². The Kier molecular flexibility index (Phi) is 4.83. The van der Waals surface area contributed by atoms with E-state index in [0.29, 0.717) is 37.1 Å². The first-order valence-electron chi connectivity index (χ1n) is 7.96. The lowest BCUT2D eigenvalue weighted by atomic mass is 9.82. The molecule has 1 aromatic carbocycles. The summed E-state index contributed by atoms with van der Waals surface area (Å²) in [5.41, 5.74) is 0.255. The number of sulfonamides is 1. The van der Waals surface area contributed by atoms with Crippen LogP contribution in [0.3, 0.4) is 0 Å². The highest BCUT2D eigenvalue weighted by atomic mass is 35.5. The lowest BCUT2D eigenvalue weighted by Gasteiger charge is -2.24. The van der Waals surface area contributed by atoms with Crippen molar-refractivity contribution in [2.75, 3.05) is 39.5 Å². The Bertz CT molecular complexity index is 738. The van der Waals surface area contributed by atoms with Gasteiger partial charge in [-0.15, -0.1) is 0 Å². The van der Waals surface area contributed by atoms with Crippen molar-refractivity contribution in [1.29, 1.82) is 0 Å². The van der Waals surface area contributed by atoms with Crippen molar-refractivity contribution < 1.29 is 23.0 Å². The molecule has 6 nitrogen and oxygen atoms in total. The van der Waals surface area contributed by atoms with Gasteiger partial charge in [-0.1, -0.05) is 11.6 Å². The number of aliphatic hydroxyl groups excluding tert-OH is 1. The first-order valence-corrected chi connectivity index (χ1v) is 9.77. The minimum atomic E-state index is -3.76. The number of hydrogen-bond acceptors (Lipinski definition) is 5. The smallest absolute Gasteiger partial charge is 0.246 e. The molecule has 3 rings (SSSR count). The highest BCUT2D eigenvalue weighted by Gasteiger charge is 2.53. The van der Waals surface area contributed by atoms with Crippen molar-refractivity contribution in [3.05, 3.63) is 22.7 Å². The van der Waals surface area contributed by atoms with Crippen LogP contribution in [-0.4, -0.2) is 57.3 Å². The molecule has 2 saturated heterocycles. The molecule has 2 aliphatic heterocycles. The average molecular weight is 376 g/mol. The fourth-order valence-electron chi connectivity index (χ4n) is 3.44. The second kappa shape index (κ2) is 6.46. The third kappa shape index (κ3) is 2.82. The summed E-state index contributed by atoms with van der Waals surface area (Å²) >= 11 is 6.15. The van der Waals surface area contributed by atoms with Gasteiger partial charge >= 0.3 is 0 Å². The molecule has 0 amide bonds. The van der Waals surface area contributed by atoms with Crippen LogP contribution in [0.1, 0.15) is 12.5 Å². The lowest BCUT2D eigenvalue weighted by Crippen LogP contribution is -2.36. The van der Waals surface area contributed by atoms with Crippen molar-refractivity contribution >= 4 is 21.6 Å². The summed E-state index contributed by atoms with van der Waals surface area (Å²) in [6.07, 6.45) is 0. The number of aliphatic hydroxyl groups is 1. The van der Waals surface area contributed by atoms with E-state index < -0.39 is 15.4 Å². The van der Waals surface area contributed by atoms with Gasteiger partial charge in [-0.3, -0.25) is 0 Å². The highest BCUT2D eigenvalue weighted by Crippen LogP contribution is 2.44. The predicted molar refractivity (Wildman–Crippen MR) is 89.9 cm³/mol. The maximum atomic E-state index is 13.1. The van der Waals surface area contributed by atoms with E-state index in [1.807, 2.05) is 0 Å². The quantitative estimate of drug-likeness (QED) is 0.847. The molecule has 0 unspecified atom stereocenters. The molecule has 0 aromatic heterocycles. The minimum absolute atomic E-state index is 0.00809. The molecule has 2 aliphatic rings. The zero-order valence-electron chi connectivity index (χ0n) is 13.8. The normalized spacial score (nSPS) is 27.4. The van der Waals surface area contributed by atoms with Crippen LogP contribution in [0.2, 0.25) is 5.02 Å². The van der Waals surface area contributed by atoms with E-state index >= 15 is 0 Å². The zero-order valence-corrected chi connectivity index (χ0v) is 15.4. The monoisotopic (exact) mass is 375 g/mol. The molecule has 0 radical (unpaired) electrons. The third-order valence-electron chi connectivity index (χ3n) is 4.95. The molecule has 2 atom stereocenters. The Labute approximate surface area is 147 Å². The summed E-state index contributed by atoms with van der Waals surface area (Å²) in [4.78, 5) is 0.0777. The summed E-state index contributed by atoms with van der Waals surface area (Å²) in [5, 5.41) is 10.1. The summed E-state index contributed by atoms with van der Waals surface area (Å²) in [7, 11) is -3.76. The SMILES string of the molecule is CCOc1cc(C)c(Cl)cc1S(=O)(=O)N1C[C@H]2COC[C@@]2(CO)C1. The number of rotatable bonds is 5. The lowest BCUT2D eigenvalue weighted by molar-refractivity contribution is 0.0905. The Morgan fingerprint density at radius 1 is 1.50 bits per heavy atom. The largest absolute Gasteiger partial charge is 0.492 e. The standard InChI is InChI=1S/C16H22ClNO5S/c1-3-23-14-4-11(2)13(17)5-15(14)24(20,21)18-6-12-7-22-10-16(12,8-18)9-19/h4-5,12,19H,3,6-10H2,1-2H3/t12-,16-/m0/s1. The van der Waals surface area contributed by atoms with Gasteiger partial charge in [-0.25, -0.2) is 8.42 Å². The summed E-state index contributed by atoms with van der Waals surface area (Å²) in [6, 6.07) is 3.11. The van der Waals surface area contributed by atoms with Crippen LogP contribution in [0, 0.1) is 18.3 Å². The summed E-state index contributed by atoms with van der Waals surface area (Å²) in [5.74, 6) is 0.319. The van der Waals surface area contributed by atoms with Crippen molar-refractivity contribution in [1.82, 2.24) is 4.31 Å². The van der Waals surface area contributed by atoms with E-state index in [-0.39, 0.29) is 24.0 Å². The first kappa shape index (κ1) is 17.9. The van der Waals surface area contributed by atoms with Crippen molar-refractivity contribution in [2.45, 2.75) is 18.7 Å². The van der Waals surface area contributed by atoms with Gasteiger partial charge in [-0.05, 0) is 31.5 Å². The number of aryl methyl sites for hydroxylation is 1. The van der Waals surface area contributed by atoms with Gasteiger partial charge in [0.25, 0.3) is 0 Å². The van der Waals surface area contributed by atoms with E-state index in [1.54, 1.807) is 19.9 Å². The number of halogens is 1. The van der Waals surface area contributed by atoms with Crippen molar-refractivity contribution in [3.8, 4) is 5.75 Å². The zero-order chi connectivity index (χ0) is 17.5. The van der Waals surface area contributed by atoms with Gasteiger partial charge < -0.3 is 14.6 Å². The molecular formula is C16H22ClNO5S. The van der Waals surface area contributed by atoms with E-state index in [1.165, 1.54) is 10.4 Å². The predicted octanol–water partition coefficient (Wildman–Crippen LogP) is 1.68. The minimum Gasteiger partial charge on any atom is -0.492 e. The van der Waals surface area contributed by atoms with Crippen LogP contribution in [0.15, 0.2) is 17.0 Å². The molecule has 0 aliphatic carbocycles. The second-order valence-corrected chi connectivity index (χ2v) is 8.82. The number of benzene rings is 1. The van der Waals surface area contributed by atoms with Gasteiger partial charge in [0.1, 0.15) is 10.6 Å². The van der Waals surface area contributed by atoms with Crippen molar-refractivity contribution in [2.24, 2.45) is 11.3 Å². The summed E-state index contributed by atoms with van der Waals surface area (Å²) in [6.45, 7) is 5.32. The fourth-order valence-corrected chi connectivity index (χ4v) is 5.38. The van der Waals surface area contributed by atoms with E-state index in [9.17, 15) is 13.5 Å². The fraction of sp³-hybridized carbons (Fsp3) is 0.625. The Morgan fingerprint density at radius 2 is 2.25 bits per heavy atom. The van der Waals surface area contributed by atoms with Crippen LogP contribution in [0.4, 0.5) is 0 Å². The van der Waals surface area contributed by atoms with Gasteiger partial charge in [0.2, 0.25) is 10.0 Å². The number of hydrogen-bond donors (Lipinski definition) is 1. The molecule has 1 N–H and O–H groups in total. The van der Waals surface area contributed by atoms with Gasteiger partial charge in [-0.2, -0.15) is 4.31 Å². The van der Waals surface area contributed by atoms with Gasteiger partial charge in [0.05, 0.1) is 26.4 Å². The summed E-state index contributed by atoms with van der Waals surface area (Å²) < 4.78 is 38.7. The molecule has 0 spiro atoms. The Hall–Kier alpha value is -0.860. The number of fused-ring (bicyclic) bond motifs is 1. The molecular weight excluding hydrogens is 354 g/mol. The third-order valence-corrected chi connectivity index (χ3v) is 7.19. The molecule has 0 saturated carbocycles. The molecule has 134 valence electrons. The van der Waals surface area contributed by atoms with Crippen LogP contribution in [0.25, 0.3) is 0 Å². The Balaban J connectivity index is 1.99. The molecule has 2 heterocycles.